The third-order valence-corrected chi connectivity index (χ3v) is 3.48. The molecule has 1 aromatic carbocycles. The van der Waals surface area contributed by atoms with E-state index in [2.05, 4.69) is 15.1 Å². The fourth-order valence-electron chi connectivity index (χ4n) is 2.27. The lowest BCUT2D eigenvalue weighted by molar-refractivity contribution is -0.144. The maximum absolute atomic E-state index is 13.2. The fraction of sp³-hybridized carbons (Fsp3) is 0.125. The van der Waals surface area contributed by atoms with Gasteiger partial charge in [0.15, 0.2) is 5.65 Å². The zero-order valence-electron chi connectivity index (χ0n) is 13.3. The number of aromatic nitrogens is 4. The van der Waals surface area contributed by atoms with E-state index in [4.69, 9.17) is 5.11 Å². The molecule has 0 saturated carbocycles. The standard InChI is InChI=1S/C16H12F3N5O2/c1-23(11-5-3-2-4-6-11)15-22-14(16(17,18)19)21-13-10(7-8-12(25)26)9-20-24(13)15/h2-9H,1H3,(H,25,26)/b8-7+. The van der Waals surface area contributed by atoms with E-state index in [1.807, 2.05) is 0 Å². The first-order valence-corrected chi connectivity index (χ1v) is 7.30. The van der Waals surface area contributed by atoms with Crippen LogP contribution in [-0.2, 0) is 11.0 Å². The molecule has 3 aromatic rings. The number of anilines is 2. The van der Waals surface area contributed by atoms with Gasteiger partial charge in [-0.2, -0.15) is 27.8 Å². The molecule has 2 heterocycles. The zero-order chi connectivity index (χ0) is 18.9. The van der Waals surface area contributed by atoms with Crippen molar-refractivity contribution >= 4 is 29.3 Å². The fourth-order valence-corrected chi connectivity index (χ4v) is 2.27. The highest BCUT2D eigenvalue weighted by Crippen LogP contribution is 2.30. The second-order valence-electron chi connectivity index (χ2n) is 5.25. The van der Waals surface area contributed by atoms with Gasteiger partial charge in [-0.25, -0.2) is 9.78 Å². The summed E-state index contributed by atoms with van der Waals surface area (Å²) >= 11 is 0. The van der Waals surface area contributed by atoms with Crippen LogP contribution in [-0.4, -0.2) is 37.7 Å². The molecule has 0 saturated heterocycles. The number of benzene rings is 1. The molecule has 7 nitrogen and oxygen atoms in total. The van der Waals surface area contributed by atoms with Crippen molar-refractivity contribution in [3.8, 4) is 0 Å². The Morgan fingerprint density at radius 3 is 2.54 bits per heavy atom. The number of para-hydroxylation sites is 1. The van der Waals surface area contributed by atoms with Crippen LogP contribution in [0.15, 0.2) is 42.6 Å². The number of nitrogens with zero attached hydrogens (tertiary/aromatic N) is 5. The van der Waals surface area contributed by atoms with Crippen LogP contribution in [0.5, 0.6) is 0 Å². The van der Waals surface area contributed by atoms with Crippen molar-refractivity contribution in [2.45, 2.75) is 6.18 Å². The first-order valence-electron chi connectivity index (χ1n) is 7.30. The Kier molecular flexibility index (Phi) is 4.33. The van der Waals surface area contributed by atoms with E-state index >= 15 is 0 Å². The summed E-state index contributed by atoms with van der Waals surface area (Å²) in [5.41, 5.74) is 0.573. The molecule has 0 radical (unpaired) electrons. The van der Waals surface area contributed by atoms with E-state index in [-0.39, 0.29) is 17.2 Å². The third kappa shape index (κ3) is 3.34. The van der Waals surface area contributed by atoms with Gasteiger partial charge in [0, 0.05) is 24.4 Å². The van der Waals surface area contributed by atoms with E-state index in [1.165, 1.54) is 11.1 Å². The molecular weight excluding hydrogens is 351 g/mol. The van der Waals surface area contributed by atoms with Crippen LogP contribution in [0.3, 0.4) is 0 Å². The second kappa shape index (κ2) is 6.47. The summed E-state index contributed by atoms with van der Waals surface area (Å²) in [5, 5.41) is 12.7. The third-order valence-electron chi connectivity index (χ3n) is 3.48. The van der Waals surface area contributed by atoms with Crippen molar-refractivity contribution in [2.75, 3.05) is 11.9 Å². The molecule has 0 aliphatic carbocycles. The number of rotatable bonds is 4. The predicted octanol–water partition coefficient (Wildman–Crippen LogP) is 3.01. The number of carbonyl (C=O) groups is 1. The highest BCUT2D eigenvalue weighted by Gasteiger charge is 2.36. The Morgan fingerprint density at radius 2 is 1.92 bits per heavy atom. The Morgan fingerprint density at radius 1 is 1.23 bits per heavy atom. The van der Waals surface area contributed by atoms with Crippen LogP contribution in [0.25, 0.3) is 11.7 Å². The van der Waals surface area contributed by atoms with Gasteiger partial charge in [-0.15, -0.1) is 0 Å². The summed E-state index contributed by atoms with van der Waals surface area (Å²) in [6.07, 6.45) is -1.62. The maximum atomic E-state index is 13.2. The van der Waals surface area contributed by atoms with Gasteiger partial charge in [-0.05, 0) is 18.2 Å². The number of alkyl halides is 3. The van der Waals surface area contributed by atoms with Crippen LogP contribution in [0.2, 0.25) is 0 Å². The van der Waals surface area contributed by atoms with Crippen molar-refractivity contribution in [1.29, 1.82) is 0 Å². The number of carboxylic acid groups (broad SMARTS) is 1. The van der Waals surface area contributed by atoms with Crippen molar-refractivity contribution < 1.29 is 23.1 Å². The lowest BCUT2D eigenvalue weighted by Crippen LogP contribution is -2.21. The molecule has 0 spiro atoms. The largest absolute Gasteiger partial charge is 0.478 e. The van der Waals surface area contributed by atoms with E-state index in [0.29, 0.717) is 5.69 Å². The first-order chi connectivity index (χ1) is 12.3. The Balaban J connectivity index is 2.23. The lowest BCUT2D eigenvalue weighted by atomic mass is 10.3. The number of carboxylic acids is 1. The second-order valence-corrected chi connectivity index (χ2v) is 5.25. The zero-order valence-corrected chi connectivity index (χ0v) is 13.3. The van der Waals surface area contributed by atoms with Crippen molar-refractivity contribution in [1.82, 2.24) is 19.6 Å². The summed E-state index contributed by atoms with van der Waals surface area (Å²) < 4.78 is 40.8. The van der Waals surface area contributed by atoms with E-state index in [0.717, 1.165) is 16.7 Å². The van der Waals surface area contributed by atoms with Gasteiger partial charge in [0.1, 0.15) is 0 Å². The summed E-state index contributed by atoms with van der Waals surface area (Å²) in [6, 6.07) is 8.65. The molecule has 0 atom stereocenters. The van der Waals surface area contributed by atoms with Crippen LogP contribution in [0.1, 0.15) is 11.4 Å². The molecule has 0 unspecified atom stereocenters. The maximum Gasteiger partial charge on any atom is 0.451 e. The van der Waals surface area contributed by atoms with Gasteiger partial charge in [-0.3, -0.25) is 0 Å². The highest BCUT2D eigenvalue weighted by molar-refractivity contribution is 5.86. The molecule has 134 valence electrons. The normalized spacial score (nSPS) is 12.0. The van der Waals surface area contributed by atoms with Gasteiger partial charge in [-0.1, -0.05) is 18.2 Å². The average molecular weight is 363 g/mol. The summed E-state index contributed by atoms with van der Waals surface area (Å²) in [7, 11) is 1.55. The minimum absolute atomic E-state index is 0.108. The van der Waals surface area contributed by atoms with Gasteiger partial charge in [0.2, 0.25) is 11.8 Å². The Bertz CT molecular complexity index is 983. The van der Waals surface area contributed by atoms with Crippen LogP contribution < -0.4 is 4.90 Å². The molecule has 26 heavy (non-hydrogen) atoms. The minimum Gasteiger partial charge on any atom is -0.478 e. The summed E-state index contributed by atoms with van der Waals surface area (Å²) in [4.78, 5) is 19.2. The molecule has 1 N–H and O–H groups in total. The SMILES string of the molecule is CN(c1ccccc1)c1nc(C(F)(F)F)nc2c(/C=C/C(=O)O)cnn12. The summed E-state index contributed by atoms with van der Waals surface area (Å²) in [6.45, 7) is 0. The topological polar surface area (TPSA) is 83.6 Å². The first kappa shape index (κ1) is 17.4. The van der Waals surface area contributed by atoms with E-state index in [9.17, 15) is 18.0 Å². The van der Waals surface area contributed by atoms with E-state index in [1.54, 1.807) is 37.4 Å². The minimum atomic E-state index is -4.77. The van der Waals surface area contributed by atoms with Crippen LogP contribution in [0.4, 0.5) is 24.8 Å². The monoisotopic (exact) mass is 363 g/mol. The number of halogens is 3. The van der Waals surface area contributed by atoms with Crippen molar-refractivity contribution in [2.24, 2.45) is 0 Å². The van der Waals surface area contributed by atoms with Crippen LogP contribution >= 0.6 is 0 Å². The van der Waals surface area contributed by atoms with Crippen LogP contribution in [0, 0.1) is 0 Å². The van der Waals surface area contributed by atoms with Gasteiger partial charge in [0.25, 0.3) is 0 Å². The number of aliphatic carboxylic acids is 1. The highest BCUT2D eigenvalue weighted by atomic mass is 19.4. The Labute approximate surface area is 145 Å². The van der Waals surface area contributed by atoms with Crippen molar-refractivity contribution in [3.05, 3.63) is 54.0 Å². The molecule has 2 aromatic heterocycles. The number of fused-ring (bicyclic) bond motifs is 1. The predicted molar refractivity (Wildman–Crippen MR) is 87.0 cm³/mol. The molecule has 0 fully saturated rings. The average Bonchev–Trinajstić information content (AvgIpc) is 3.01. The Hall–Kier alpha value is -3.43. The lowest BCUT2D eigenvalue weighted by Gasteiger charge is -2.19. The molecular formula is C16H12F3N5O2. The molecule has 0 bridgehead atoms. The number of hydrogen-bond donors (Lipinski definition) is 1. The van der Waals surface area contributed by atoms with Gasteiger partial charge >= 0.3 is 12.1 Å². The van der Waals surface area contributed by atoms with E-state index < -0.39 is 18.0 Å². The molecule has 0 amide bonds. The molecule has 3 rings (SSSR count). The number of hydrogen-bond acceptors (Lipinski definition) is 5. The summed E-state index contributed by atoms with van der Waals surface area (Å²) in [5.74, 6) is -2.69. The quantitative estimate of drug-likeness (QED) is 0.718. The molecule has 0 aliphatic heterocycles. The molecule has 10 heteroatoms. The van der Waals surface area contributed by atoms with Crippen molar-refractivity contribution in [3.63, 3.8) is 0 Å². The van der Waals surface area contributed by atoms with Gasteiger partial charge < -0.3 is 10.0 Å². The molecule has 0 aliphatic rings. The smallest absolute Gasteiger partial charge is 0.451 e. The van der Waals surface area contributed by atoms with Gasteiger partial charge in [0.05, 0.1) is 6.20 Å².